The number of aliphatic hydroxyl groups is 1. The van der Waals surface area contributed by atoms with Gasteiger partial charge in [-0.3, -0.25) is 4.90 Å². The summed E-state index contributed by atoms with van der Waals surface area (Å²) >= 11 is 0. The van der Waals surface area contributed by atoms with E-state index in [1.54, 1.807) is 5.56 Å². The molecule has 0 spiro atoms. The molecule has 2 N–H and O–H groups in total. The third kappa shape index (κ3) is 1.88. The molecule has 2 fully saturated rings. The lowest BCUT2D eigenvalue weighted by molar-refractivity contribution is -0.0107. The minimum Gasteiger partial charge on any atom is -0.393 e. The van der Waals surface area contributed by atoms with Crippen molar-refractivity contribution in [2.24, 2.45) is 11.8 Å². The van der Waals surface area contributed by atoms with Gasteiger partial charge in [-0.15, -0.1) is 0 Å². The van der Waals surface area contributed by atoms with Crippen molar-refractivity contribution >= 4 is 10.9 Å². The first-order valence-electron chi connectivity index (χ1n) is 8.81. The van der Waals surface area contributed by atoms with Crippen LogP contribution in [-0.2, 0) is 6.42 Å². The van der Waals surface area contributed by atoms with E-state index in [9.17, 15) is 5.11 Å². The van der Waals surface area contributed by atoms with Gasteiger partial charge >= 0.3 is 0 Å². The second kappa shape index (κ2) is 4.84. The molecule has 1 aromatic heterocycles. The Morgan fingerprint density at radius 1 is 1.09 bits per heavy atom. The van der Waals surface area contributed by atoms with E-state index in [1.165, 1.54) is 48.9 Å². The molecule has 22 heavy (non-hydrogen) atoms. The number of rotatable bonds is 0. The van der Waals surface area contributed by atoms with Crippen LogP contribution in [0.25, 0.3) is 10.9 Å². The summed E-state index contributed by atoms with van der Waals surface area (Å²) in [5.74, 6) is 1.52. The zero-order valence-electron chi connectivity index (χ0n) is 13.0. The number of nitrogens with zero attached hydrogens (tertiary/aromatic N) is 1. The Bertz CT molecular complexity index is 707. The number of aromatic nitrogens is 1. The summed E-state index contributed by atoms with van der Waals surface area (Å²) in [4.78, 5) is 6.42. The number of para-hydroxylation sites is 1. The molecule has 4 atom stereocenters. The number of piperidine rings is 1. The normalized spacial score (nSPS) is 35.0. The van der Waals surface area contributed by atoms with Gasteiger partial charge in [0.2, 0.25) is 0 Å². The lowest BCUT2D eigenvalue weighted by Crippen LogP contribution is -2.48. The third-order valence-electron chi connectivity index (χ3n) is 6.38. The van der Waals surface area contributed by atoms with Crippen LogP contribution < -0.4 is 0 Å². The van der Waals surface area contributed by atoms with Crippen molar-refractivity contribution in [3.05, 3.63) is 35.5 Å². The average molecular weight is 296 g/mol. The van der Waals surface area contributed by atoms with Gasteiger partial charge in [0.05, 0.1) is 12.1 Å². The van der Waals surface area contributed by atoms with E-state index in [2.05, 4.69) is 34.1 Å². The summed E-state index contributed by atoms with van der Waals surface area (Å²) in [6.45, 7) is 2.43. The first kappa shape index (κ1) is 13.1. The van der Waals surface area contributed by atoms with Gasteiger partial charge in [0.25, 0.3) is 0 Å². The number of benzene rings is 1. The van der Waals surface area contributed by atoms with Crippen molar-refractivity contribution < 1.29 is 5.11 Å². The van der Waals surface area contributed by atoms with Crippen LogP contribution in [0.15, 0.2) is 24.3 Å². The Labute approximate surface area is 131 Å². The first-order valence-corrected chi connectivity index (χ1v) is 8.81. The van der Waals surface area contributed by atoms with Crippen LogP contribution in [-0.4, -0.2) is 34.2 Å². The molecule has 116 valence electrons. The molecule has 3 nitrogen and oxygen atoms in total. The monoisotopic (exact) mass is 296 g/mol. The number of hydrogen-bond donors (Lipinski definition) is 2. The third-order valence-corrected chi connectivity index (χ3v) is 6.38. The summed E-state index contributed by atoms with van der Waals surface area (Å²) in [6, 6.07) is 9.28. The summed E-state index contributed by atoms with van der Waals surface area (Å²) in [7, 11) is 0. The van der Waals surface area contributed by atoms with Crippen LogP contribution in [0.2, 0.25) is 0 Å². The van der Waals surface area contributed by atoms with Crippen molar-refractivity contribution in [1.82, 2.24) is 9.88 Å². The lowest BCUT2D eigenvalue weighted by Gasteiger charge is -2.48. The van der Waals surface area contributed by atoms with E-state index in [0.717, 1.165) is 18.8 Å². The molecule has 0 bridgehead atoms. The highest BCUT2D eigenvalue weighted by atomic mass is 16.3. The Balaban J connectivity index is 1.53. The van der Waals surface area contributed by atoms with Crippen LogP contribution in [0, 0.1) is 11.8 Å². The summed E-state index contributed by atoms with van der Waals surface area (Å²) in [6.07, 6.45) is 5.59. The van der Waals surface area contributed by atoms with Gasteiger partial charge in [0.1, 0.15) is 0 Å². The molecular weight excluding hydrogens is 272 g/mol. The topological polar surface area (TPSA) is 39.3 Å². The molecule has 2 aromatic rings. The smallest absolute Gasteiger partial charge is 0.0543 e. The fourth-order valence-corrected chi connectivity index (χ4v) is 5.27. The maximum Gasteiger partial charge on any atom is 0.0543 e. The Morgan fingerprint density at radius 2 is 2.00 bits per heavy atom. The van der Waals surface area contributed by atoms with Crippen molar-refractivity contribution in [2.75, 3.05) is 13.1 Å². The van der Waals surface area contributed by atoms with Gasteiger partial charge in [-0.25, -0.2) is 0 Å². The molecule has 0 unspecified atom stereocenters. The predicted molar refractivity (Wildman–Crippen MR) is 87.8 cm³/mol. The number of aliphatic hydroxyl groups excluding tert-OH is 1. The van der Waals surface area contributed by atoms with Gasteiger partial charge in [-0.2, -0.15) is 0 Å². The minimum absolute atomic E-state index is 0.0569. The summed E-state index contributed by atoms with van der Waals surface area (Å²) in [5.41, 5.74) is 4.30. The Kier molecular flexibility index (Phi) is 2.89. The zero-order valence-corrected chi connectivity index (χ0v) is 13.0. The van der Waals surface area contributed by atoms with Crippen LogP contribution in [0.5, 0.6) is 0 Å². The standard InChI is InChI=1S/C19H24N2O/c22-14-6-5-12-11-21-8-7-16-15-3-1-2-4-17(15)20-19(16)18(21)10-13(12)9-14/h1-4,12-14,18,20,22H,5-11H2/t12-,13-,14+,18-/m0/s1. The lowest BCUT2D eigenvalue weighted by atomic mass is 9.70. The molecule has 0 radical (unpaired) electrons. The summed E-state index contributed by atoms with van der Waals surface area (Å²) < 4.78 is 0. The van der Waals surface area contributed by atoms with E-state index in [4.69, 9.17) is 0 Å². The van der Waals surface area contributed by atoms with E-state index >= 15 is 0 Å². The molecule has 1 aliphatic carbocycles. The molecule has 3 heteroatoms. The highest BCUT2D eigenvalue weighted by Crippen LogP contribution is 2.46. The molecule has 3 heterocycles. The van der Waals surface area contributed by atoms with Crippen LogP contribution in [0.1, 0.15) is 43.0 Å². The first-order chi connectivity index (χ1) is 10.8. The zero-order chi connectivity index (χ0) is 14.7. The van der Waals surface area contributed by atoms with Crippen LogP contribution in [0.4, 0.5) is 0 Å². The Morgan fingerprint density at radius 3 is 2.95 bits per heavy atom. The second-order valence-electron chi connectivity index (χ2n) is 7.55. The molecule has 0 amide bonds. The molecule has 5 rings (SSSR count). The molecule has 1 saturated carbocycles. The highest BCUT2D eigenvalue weighted by Gasteiger charge is 2.42. The number of nitrogens with one attached hydrogen (secondary N) is 1. The van der Waals surface area contributed by atoms with E-state index in [1.807, 2.05) is 0 Å². The van der Waals surface area contributed by atoms with E-state index in [-0.39, 0.29) is 6.10 Å². The van der Waals surface area contributed by atoms with Gasteiger partial charge in [-0.1, -0.05) is 18.2 Å². The van der Waals surface area contributed by atoms with Crippen LogP contribution in [0.3, 0.4) is 0 Å². The molecule has 1 aromatic carbocycles. The predicted octanol–water partition coefficient (Wildman–Crippen LogP) is 3.25. The van der Waals surface area contributed by atoms with Crippen molar-refractivity contribution in [1.29, 1.82) is 0 Å². The van der Waals surface area contributed by atoms with Crippen molar-refractivity contribution in [3.63, 3.8) is 0 Å². The maximum absolute atomic E-state index is 10.0. The Hall–Kier alpha value is -1.32. The number of aromatic amines is 1. The van der Waals surface area contributed by atoms with Crippen molar-refractivity contribution in [3.8, 4) is 0 Å². The molecule has 2 aliphatic heterocycles. The van der Waals surface area contributed by atoms with Gasteiger partial charge < -0.3 is 10.1 Å². The second-order valence-corrected chi connectivity index (χ2v) is 7.55. The minimum atomic E-state index is -0.0569. The number of fused-ring (bicyclic) bond motifs is 6. The number of hydrogen-bond acceptors (Lipinski definition) is 2. The molecular formula is C19H24N2O. The van der Waals surface area contributed by atoms with E-state index < -0.39 is 0 Å². The van der Waals surface area contributed by atoms with Crippen LogP contribution >= 0.6 is 0 Å². The fraction of sp³-hybridized carbons (Fsp3) is 0.579. The highest BCUT2D eigenvalue weighted by molar-refractivity contribution is 5.85. The summed E-state index contributed by atoms with van der Waals surface area (Å²) in [5, 5.41) is 11.5. The molecule has 1 saturated heterocycles. The van der Waals surface area contributed by atoms with Crippen molar-refractivity contribution in [2.45, 2.75) is 44.2 Å². The molecule has 3 aliphatic rings. The van der Waals surface area contributed by atoms with Gasteiger partial charge in [0, 0.05) is 29.7 Å². The fourth-order valence-electron chi connectivity index (χ4n) is 5.27. The van der Waals surface area contributed by atoms with Gasteiger partial charge in [0.15, 0.2) is 0 Å². The quantitative estimate of drug-likeness (QED) is 0.783. The largest absolute Gasteiger partial charge is 0.393 e. The average Bonchev–Trinajstić information content (AvgIpc) is 2.92. The van der Waals surface area contributed by atoms with Gasteiger partial charge in [-0.05, 0) is 55.6 Å². The number of H-pyrrole nitrogens is 1. The maximum atomic E-state index is 10.0. The van der Waals surface area contributed by atoms with E-state index in [0.29, 0.717) is 12.0 Å². The SMILES string of the molecule is O[C@@H]1CC[C@H]2CN3CCc4c([nH]c5ccccc45)[C@@H]3C[C@@H]2C1.